The van der Waals surface area contributed by atoms with Gasteiger partial charge in [-0.3, -0.25) is 4.79 Å². The van der Waals surface area contributed by atoms with Crippen LogP contribution in [0.2, 0.25) is 0 Å². The molecule has 6 fully saturated rings. The molecule has 2 saturated heterocycles. The number of hydrogen-bond acceptors (Lipinski definition) is 6. The number of likely N-dealkylation sites (tertiary alicyclic amines) is 1. The average Bonchev–Trinajstić information content (AvgIpc) is 3.66. The molecule has 2 aliphatic heterocycles. The lowest BCUT2D eigenvalue weighted by molar-refractivity contribution is -0.221. The van der Waals surface area contributed by atoms with Crippen LogP contribution in [-0.2, 0) is 19.4 Å². The van der Waals surface area contributed by atoms with Gasteiger partial charge in [0, 0.05) is 24.9 Å². The van der Waals surface area contributed by atoms with E-state index in [4.69, 9.17) is 4.74 Å². The molecule has 296 valence electrons. The van der Waals surface area contributed by atoms with Crippen LogP contribution in [0.25, 0.3) is 0 Å². The summed E-state index contributed by atoms with van der Waals surface area (Å²) < 4.78 is 29.8. The van der Waals surface area contributed by atoms with Gasteiger partial charge in [-0.1, -0.05) is 58.9 Å². The van der Waals surface area contributed by atoms with Crippen LogP contribution in [0.15, 0.2) is 35.5 Å². The van der Waals surface area contributed by atoms with Crippen molar-refractivity contribution in [2.45, 2.75) is 149 Å². The smallest absolute Gasteiger partial charge is 0.312 e. The first kappa shape index (κ1) is 38.4. The first-order valence-corrected chi connectivity index (χ1v) is 23.7. The topological polar surface area (TPSA) is 75.7 Å². The average molecular weight is 749 g/mol. The van der Waals surface area contributed by atoms with Crippen LogP contribution < -0.4 is 5.32 Å². The van der Waals surface area contributed by atoms with Gasteiger partial charge in [-0.2, -0.15) is 0 Å². The monoisotopic (exact) mass is 749 g/mol. The van der Waals surface area contributed by atoms with Crippen molar-refractivity contribution in [2.24, 2.45) is 56.7 Å². The number of piperidine rings is 1. The standard InChI is InChI=1S/C46H72N2O4S/c1-31(2)34-13-22-46(47-26-29-48-27-16-33(17-28-48)53(8,50)51)24-23-43(6)36(39(34)46)9-10-38-42(5)18-14-35(41(3,4)37(42)15-19-44(38,43)7)32-11-20-45(21-12-32)25-30-52-40(45)49/h11,14,33-34,36-39,47H,1,9-10,12-13,15-30H2,2-8H3/t34-,36+,37-,38+,39+,42-,43+,44+,45?,46-/m0/s1. The molecular weight excluding hydrogens is 677 g/mol. The minimum absolute atomic E-state index is 0.0413. The normalized spacial score (nSPS) is 45.7. The maximum absolute atomic E-state index is 12.7. The molecule has 0 aromatic carbocycles. The second-order valence-electron chi connectivity index (χ2n) is 21.3. The highest BCUT2D eigenvalue weighted by Crippen LogP contribution is 2.76. The molecular formula is C46H72N2O4S. The molecule has 4 saturated carbocycles. The van der Waals surface area contributed by atoms with E-state index in [1.54, 1.807) is 5.57 Å². The zero-order valence-corrected chi connectivity index (χ0v) is 35.3. The predicted octanol–water partition coefficient (Wildman–Crippen LogP) is 9.07. The predicted molar refractivity (Wildman–Crippen MR) is 215 cm³/mol. The summed E-state index contributed by atoms with van der Waals surface area (Å²) in [5.41, 5.74) is 5.49. The third-order valence-electron chi connectivity index (χ3n) is 18.9. The molecule has 53 heavy (non-hydrogen) atoms. The third kappa shape index (κ3) is 5.78. The number of sulfone groups is 1. The molecule has 7 heteroatoms. The fourth-order valence-corrected chi connectivity index (χ4v) is 16.8. The molecule has 1 unspecified atom stereocenters. The van der Waals surface area contributed by atoms with E-state index in [2.05, 4.69) is 70.5 Å². The molecule has 6 aliphatic carbocycles. The summed E-state index contributed by atoms with van der Waals surface area (Å²) >= 11 is 0. The second-order valence-corrected chi connectivity index (χ2v) is 23.6. The fourth-order valence-electron chi connectivity index (χ4n) is 15.8. The lowest BCUT2D eigenvalue weighted by atomic mass is 9.33. The van der Waals surface area contributed by atoms with E-state index in [-0.39, 0.29) is 27.6 Å². The maximum atomic E-state index is 12.7. The summed E-state index contributed by atoms with van der Waals surface area (Å²) in [7, 11) is -2.94. The lowest BCUT2D eigenvalue weighted by Gasteiger charge is -2.72. The number of nitrogens with one attached hydrogen (secondary N) is 1. The SMILES string of the molecule is C=C(C)[C@@H]1CC[C@]2(NCCN3CCC(S(C)(=O)=O)CC3)CC[C@]3(C)[C@H](CC[C@@H]4[C@@]5(C)CC=C(C6=CCC7(CCOC7=O)CC6)C(C)(C)[C@@H]5CC[C@]43C)[C@@H]12. The summed E-state index contributed by atoms with van der Waals surface area (Å²) in [6.45, 7) is 24.7. The van der Waals surface area contributed by atoms with Crippen molar-refractivity contribution < 1.29 is 17.9 Å². The molecule has 0 amide bonds. The van der Waals surface area contributed by atoms with Crippen molar-refractivity contribution >= 4 is 15.8 Å². The van der Waals surface area contributed by atoms with E-state index >= 15 is 0 Å². The van der Waals surface area contributed by atoms with E-state index < -0.39 is 9.84 Å². The summed E-state index contributed by atoms with van der Waals surface area (Å²) in [5.74, 6) is 3.39. The maximum Gasteiger partial charge on any atom is 0.312 e. The van der Waals surface area contributed by atoms with Crippen molar-refractivity contribution in [2.75, 3.05) is 39.0 Å². The Hall–Kier alpha value is -1.44. The van der Waals surface area contributed by atoms with Gasteiger partial charge in [-0.05, 0) is 179 Å². The molecule has 8 rings (SSSR count). The highest BCUT2D eigenvalue weighted by molar-refractivity contribution is 7.91. The fraction of sp³-hybridized carbons (Fsp3) is 0.848. The highest BCUT2D eigenvalue weighted by Gasteiger charge is 2.70. The van der Waals surface area contributed by atoms with Crippen LogP contribution in [0.5, 0.6) is 0 Å². The van der Waals surface area contributed by atoms with Gasteiger partial charge in [-0.15, -0.1) is 0 Å². The molecule has 0 bridgehead atoms. The van der Waals surface area contributed by atoms with Gasteiger partial charge in [0.2, 0.25) is 0 Å². The molecule has 0 aromatic rings. The van der Waals surface area contributed by atoms with E-state index in [1.807, 2.05) is 0 Å². The van der Waals surface area contributed by atoms with Crippen LogP contribution in [0.1, 0.15) is 138 Å². The van der Waals surface area contributed by atoms with Gasteiger partial charge in [0.1, 0.15) is 9.84 Å². The molecule has 0 aromatic heterocycles. The first-order valence-electron chi connectivity index (χ1n) is 21.8. The number of rotatable bonds is 7. The first-order chi connectivity index (χ1) is 24.9. The number of allylic oxidation sites excluding steroid dienone is 5. The van der Waals surface area contributed by atoms with Gasteiger partial charge >= 0.3 is 5.97 Å². The number of carbonyl (C=O) groups is 1. The third-order valence-corrected chi connectivity index (χ3v) is 20.6. The molecule has 6 nitrogen and oxygen atoms in total. The van der Waals surface area contributed by atoms with Crippen LogP contribution in [0.3, 0.4) is 0 Å². The summed E-state index contributed by atoms with van der Waals surface area (Å²) in [4.78, 5) is 15.2. The van der Waals surface area contributed by atoms with Crippen LogP contribution in [0, 0.1) is 56.7 Å². The minimum Gasteiger partial charge on any atom is -0.465 e. The summed E-state index contributed by atoms with van der Waals surface area (Å²) in [5, 5.41) is 4.12. The van der Waals surface area contributed by atoms with Gasteiger partial charge in [-0.25, -0.2) is 8.42 Å². The lowest BCUT2D eigenvalue weighted by Crippen LogP contribution is -2.68. The number of carbonyl (C=O) groups excluding carboxylic acids is 1. The van der Waals surface area contributed by atoms with Crippen LogP contribution in [-0.4, -0.2) is 69.1 Å². The van der Waals surface area contributed by atoms with Crippen molar-refractivity contribution in [3.05, 3.63) is 35.5 Å². The number of cyclic esters (lactones) is 1. The number of fused-ring (bicyclic) bond motifs is 7. The Labute approximate surface area is 322 Å². The summed E-state index contributed by atoms with van der Waals surface area (Å²) in [6, 6.07) is 0. The van der Waals surface area contributed by atoms with Gasteiger partial charge in [0.05, 0.1) is 17.3 Å². The van der Waals surface area contributed by atoms with Gasteiger partial charge in [0.25, 0.3) is 0 Å². The van der Waals surface area contributed by atoms with Gasteiger partial charge in [0.15, 0.2) is 0 Å². The summed E-state index contributed by atoms with van der Waals surface area (Å²) in [6.07, 6.45) is 23.4. The molecule has 1 spiro atoms. The molecule has 2 heterocycles. The Balaban J connectivity index is 1.01. The Morgan fingerprint density at radius 3 is 2.28 bits per heavy atom. The van der Waals surface area contributed by atoms with E-state index in [9.17, 15) is 13.2 Å². The minimum atomic E-state index is -2.94. The number of nitrogens with zero attached hydrogens (tertiary/aromatic N) is 1. The zero-order chi connectivity index (χ0) is 37.8. The van der Waals surface area contributed by atoms with Crippen molar-refractivity contribution in [3.8, 4) is 0 Å². The quantitative estimate of drug-likeness (QED) is 0.207. The van der Waals surface area contributed by atoms with E-state index in [0.717, 1.165) is 70.6 Å². The second kappa shape index (κ2) is 13.0. The number of esters is 1. The Kier molecular flexibility index (Phi) is 9.46. The van der Waals surface area contributed by atoms with Crippen molar-refractivity contribution in [3.63, 3.8) is 0 Å². The molecule has 8 aliphatic rings. The van der Waals surface area contributed by atoms with Crippen molar-refractivity contribution in [1.82, 2.24) is 10.2 Å². The zero-order valence-electron chi connectivity index (χ0n) is 34.5. The van der Waals surface area contributed by atoms with Gasteiger partial charge < -0.3 is 15.0 Å². The van der Waals surface area contributed by atoms with Crippen molar-refractivity contribution in [1.29, 1.82) is 0 Å². The molecule has 0 radical (unpaired) electrons. The van der Waals surface area contributed by atoms with Crippen LogP contribution in [0.4, 0.5) is 0 Å². The van der Waals surface area contributed by atoms with Crippen LogP contribution >= 0.6 is 0 Å². The Morgan fingerprint density at radius 1 is 0.887 bits per heavy atom. The molecule has 1 N–H and O–H groups in total. The largest absolute Gasteiger partial charge is 0.465 e. The van der Waals surface area contributed by atoms with E-state index in [1.165, 1.54) is 75.2 Å². The molecule has 10 atom stereocenters. The van der Waals surface area contributed by atoms with E-state index in [0.29, 0.717) is 46.5 Å². The number of ether oxygens (including phenoxy) is 1. The Bertz CT molecular complexity index is 1670. The Morgan fingerprint density at radius 2 is 1.64 bits per heavy atom. The highest BCUT2D eigenvalue weighted by atomic mass is 32.2. The number of hydrogen-bond donors (Lipinski definition) is 1.